The molecule has 0 unspecified atom stereocenters. The number of rotatable bonds is 2. The second-order valence-corrected chi connectivity index (χ2v) is 4.35. The van der Waals surface area contributed by atoms with Crippen LogP contribution >= 0.6 is 11.6 Å². The lowest BCUT2D eigenvalue weighted by Crippen LogP contribution is -2.04. The molecule has 1 aliphatic rings. The van der Waals surface area contributed by atoms with Crippen LogP contribution < -0.4 is 0 Å². The minimum absolute atomic E-state index is 0.234. The molecule has 3 heteroatoms. The summed E-state index contributed by atoms with van der Waals surface area (Å²) in [6.07, 6.45) is 6.41. The molecule has 1 aromatic carbocycles. The van der Waals surface area contributed by atoms with E-state index in [9.17, 15) is 4.79 Å². The first-order valence-electron chi connectivity index (χ1n) is 5.41. The Morgan fingerprint density at radius 3 is 2.75 bits per heavy atom. The zero-order valence-corrected chi connectivity index (χ0v) is 9.63. The number of carbonyl (C=O) groups is 1. The molecule has 84 valence electrons. The van der Waals surface area contributed by atoms with Gasteiger partial charge in [-0.25, -0.2) is 4.79 Å². The lowest BCUT2D eigenvalue weighted by Gasteiger charge is -2.15. The summed E-state index contributed by atoms with van der Waals surface area (Å²) < 4.78 is 0. The van der Waals surface area contributed by atoms with Crippen molar-refractivity contribution in [2.75, 3.05) is 0 Å². The summed E-state index contributed by atoms with van der Waals surface area (Å²) in [6, 6.07) is 5.27. The van der Waals surface area contributed by atoms with Crippen LogP contribution in [0.1, 0.15) is 41.6 Å². The molecule has 0 aromatic heterocycles. The molecule has 1 N–H and O–H groups in total. The van der Waals surface area contributed by atoms with Crippen molar-refractivity contribution in [2.45, 2.75) is 25.7 Å². The van der Waals surface area contributed by atoms with Crippen molar-refractivity contribution < 1.29 is 9.90 Å². The fraction of sp³-hybridized carbons (Fsp3) is 0.308. The quantitative estimate of drug-likeness (QED) is 0.843. The number of hydrogen-bond donors (Lipinski definition) is 1. The first-order chi connectivity index (χ1) is 7.70. The predicted molar refractivity (Wildman–Crippen MR) is 64.9 cm³/mol. The van der Waals surface area contributed by atoms with Gasteiger partial charge in [0.2, 0.25) is 0 Å². The molecule has 2 nitrogen and oxygen atoms in total. The van der Waals surface area contributed by atoms with Gasteiger partial charge in [0.25, 0.3) is 0 Å². The van der Waals surface area contributed by atoms with Gasteiger partial charge in [-0.05, 0) is 42.9 Å². The third-order valence-corrected chi connectivity index (χ3v) is 3.18. The number of benzene rings is 1. The normalized spacial score (nSPS) is 15.7. The highest BCUT2D eigenvalue weighted by Crippen LogP contribution is 2.31. The Bertz CT molecular complexity index is 449. The maximum absolute atomic E-state index is 11.2. The van der Waals surface area contributed by atoms with Crippen LogP contribution in [-0.4, -0.2) is 11.1 Å². The van der Waals surface area contributed by atoms with E-state index in [1.54, 1.807) is 12.1 Å². The molecule has 16 heavy (non-hydrogen) atoms. The third kappa shape index (κ3) is 2.12. The Hall–Kier alpha value is -1.28. The molecular formula is C13H13ClO2. The number of aromatic carboxylic acids is 1. The van der Waals surface area contributed by atoms with E-state index in [4.69, 9.17) is 16.7 Å². The summed E-state index contributed by atoms with van der Waals surface area (Å²) in [5.74, 6) is -0.952. The van der Waals surface area contributed by atoms with E-state index >= 15 is 0 Å². The molecule has 2 rings (SSSR count). The van der Waals surface area contributed by atoms with E-state index in [-0.39, 0.29) is 5.56 Å². The molecule has 0 atom stereocenters. The highest BCUT2D eigenvalue weighted by Gasteiger charge is 2.17. The summed E-state index contributed by atoms with van der Waals surface area (Å²) in [5, 5.41) is 9.48. The van der Waals surface area contributed by atoms with Gasteiger partial charge in [-0.2, -0.15) is 0 Å². The van der Waals surface area contributed by atoms with Gasteiger partial charge in [0.05, 0.1) is 10.6 Å². The standard InChI is InChI=1S/C13H13ClO2/c14-11-8-4-7-10(12(11)13(15)16)9-5-2-1-3-6-9/h4-5,7-8H,1-3,6H2,(H,15,16). The van der Waals surface area contributed by atoms with Gasteiger partial charge in [0.15, 0.2) is 0 Å². The maximum Gasteiger partial charge on any atom is 0.337 e. The second kappa shape index (κ2) is 4.71. The molecule has 0 saturated carbocycles. The largest absolute Gasteiger partial charge is 0.478 e. The Morgan fingerprint density at radius 1 is 1.31 bits per heavy atom. The molecule has 0 heterocycles. The van der Waals surface area contributed by atoms with Crippen molar-refractivity contribution in [3.63, 3.8) is 0 Å². The van der Waals surface area contributed by atoms with Crippen LogP contribution in [0, 0.1) is 0 Å². The first-order valence-corrected chi connectivity index (χ1v) is 5.79. The van der Waals surface area contributed by atoms with Crippen molar-refractivity contribution in [3.8, 4) is 0 Å². The Kier molecular flexibility index (Phi) is 3.30. The van der Waals surface area contributed by atoms with Gasteiger partial charge in [-0.3, -0.25) is 0 Å². The Morgan fingerprint density at radius 2 is 2.12 bits per heavy atom. The SMILES string of the molecule is O=C(O)c1c(Cl)cccc1C1=CCCCC1. The summed E-state index contributed by atoms with van der Waals surface area (Å²) in [6.45, 7) is 0. The highest BCUT2D eigenvalue weighted by molar-refractivity contribution is 6.34. The van der Waals surface area contributed by atoms with Crippen molar-refractivity contribution >= 4 is 23.1 Å². The predicted octanol–water partition coefficient (Wildman–Crippen LogP) is 4.00. The van der Waals surface area contributed by atoms with Gasteiger partial charge < -0.3 is 5.11 Å². The topological polar surface area (TPSA) is 37.3 Å². The molecule has 0 aliphatic heterocycles. The summed E-state index contributed by atoms with van der Waals surface area (Å²) >= 11 is 5.94. The van der Waals surface area contributed by atoms with Crippen LogP contribution in [0.3, 0.4) is 0 Å². The molecule has 0 amide bonds. The summed E-state index contributed by atoms with van der Waals surface area (Å²) in [7, 11) is 0. The first kappa shape index (κ1) is 11.2. The zero-order valence-electron chi connectivity index (χ0n) is 8.87. The van der Waals surface area contributed by atoms with Crippen molar-refractivity contribution in [2.24, 2.45) is 0 Å². The van der Waals surface area contributed by atoms with E-state index in [1.807, 2.05) is 6.07 Å². The fourth-order valence-corrected chi connectivity index (χ4v) is 2.35. The summed E-state index contributed by atoms with van der Waals surface area (Å²) in [4.78, 5) is 11.2. The molecule has 0 radical (unpaired) electrons. The molecule has 0 fully saturated rings. The Labute approximate surface area is 99.5 Å². The fourth-order valence-electron chi connectivity index (χ4n) is 2.09. The van der Waals surface area contributed by atoms with Crippen LogP contribution in [-0.2, 0) is 0 Å². The summed E-state index contributed by atoms with van der Waals surface area (Å²) in [5.41, 5.74) is 2.13. The van der Waals surface area contributed by atoms with E-state index < -0.39 is 5.97 Å². The minimum Gasteiger partial charge on any atom is -0.478 e. The van der Waals surface area contributed by atoms with Crippen LogP contribution in [0.15, 0.2) is 24.3 Å². The van der Waals surface area contributed by atoms with Gasteiger partial charge in [-0.15, -0.1) is 0 Å². The van der Waals surface area contributed by atoms with E-state index in [1.165, 1.54) is 6.42 Å². The number of hydrogen-bond acceptors (Lipinski definition) is 1. The van der Waals surface area contributed by atoms with Crippen LogP contribution in [0.5, 0.6) is 0 Å². The van der Waals surface area contributed by atoms with E-state index in [0.717, 1.165) is 30.4 Å². The Balaban J connectivity index is 2.51. The molecular weight excluding hydrogens is 224 g/mol. The monoisotopic (exact) mass is 236 g/mol. The molecule has 0 spiro atoms. The number of carboxylic acid groups (broad SMARTS) is 1. The zero-order chi connectivity index (χ0) is 11.5. The van der Waals surface area contributed by atoms with Crippen LogP contribution in [0.2, 0.25) is 5.02 Å². The average Bonchev–Trinajstić information content (AvgIpc) is 2.29. The van der Waals surface area contributed by atoms with Gasteiger partial charge in [0.1, 0.15) is 0 Å². The van der Waals surface area contributed by atoms with Crippen molar-refractivity contribution in [3.05, 3.63) is 40.4 Å². The van der Waals surface area contributed by atoms with E-state index in [2.05, 4.69) is 6.08 Å². The van der Waals surface area contributed by atoms with Gasteiger partial charge >= 0.3 is 5.97 Å². The molecule has 1 aliphatic carbocycles. The number of allylic oxidation sites excluding steroid dienone is 2. The third-order valence-electron chi connectivity index (χ3n) is 2.86. The van der Waals surface area contributed by atoms with Crippen molar-refractivity contribution in [1.82, 2.24) is 0 Å². The van der Waals surface area contributed by atoms with Gasteiger partial charge in [-0.1, -0.05) is 29.8 Å². The molecule has 0 bridgehead atoms. The number of carboxylic acids is 1. The van der Waals surface area contributed by atoms with E-state index in [0.29, 0.717) is 5.02 Å². The smallest absolute Gasteiger partial charge is 0.337 e. The van der Waals surface area contributed by atoms with Crippen LogP contribution in [0.25, 0.3) is 5.57 Å². The molecule has 0 saturated heterocycles. The van der Waals surface area contributed by atoms with Crippen LogP contribution in [0.4, 0.5) is 0 Å². The average molecular weight is 237 g/mol. The lowest BCUT2D eigenvalue weighted by atomic mass is 9.91. The highest BCUT2D eigenvalue weighted by atomic mass is 35.5. The number of halogens is 1. The minimum atomic E-state index is -0.952. The molecule has 1 aromatic rings. The van der Waals surface area contributed by atoms with Crippen molar-refractivity contribution in [1.29, 1.82) is 0 Å². The second-order valence-electron chi connectivity index (χ2n) is 3.94. The lowest BCUT2D eigenvalue weighted by molar-refractivity contribution is 0.0696. The van der Waals surface area contributed by atoms with Gasteiger partial charge in [0, 0.05) is 0 Å². The maximum atomic E-state index is 11.2.